The third-order valence-electron chi connectivity index (χ3n) is 6.35. The number of hydrogen-bond donors (Lipinski definition) is 0. The van der Waals surface area contributed by atoms with E-state index in [0.717, 1.165) is 15.9 Å². The molecule has 0 radical (unpaired) electrons. The lowest BCUT2D eigenvalue weighted by molar-refractivity contribution is -0.531. The van der Waals surface area contributed by atoms with Gasteiger partial charge in [-0.3, -0.25) is 4.79 Å². The molecule has 1 heterocycles. The van der Waals surface area contributed by atoms with Gasteiger partial charge in [0.1, 0.15) is 0 Å². The van der Waals surface area contributed by atoms with Crippen LogP contribution in [0.25, 0.3) is 0 Å². The van der Waals surface area contributed by atoms with Gasteiger partial charge < -0.3 is 9.94 Å². The van der Waals surface area contributed by atoms with E-state index in [-0.39, 0.29) is 25.2 Å². The molecule has 0 aromatic heterocycles. The normalized spacial score (nSPS) is 18.7. The third kappa shape index (κ3) is 4.31. The number of rotatable bonds is 8. The van der Waals surface area contributed by atoms with Crippen LogP contribution in [0.4, 0.5) is 0 Å². The van der Waals surface area contributed by atoms with E-state index in [2.05, 4.69) is 0 Å². The lowest BCUT2D eigenvalue weighted by atomic mass is 9.74. The second kappa shape index (κ2) is 9.82. The summed E-state index contributed by atoms with van der Waals surface area (Å²) in [5.41, 5.74) is 1.12. The van der Waals surface area contributed by atoms with Gasteiger partial charge in [0, 0.05) is 30.4 Å². The molecule has 5 nitrogen and oxygen atoms in total. The molecule has 1 aliphatic rings. The molecular weight excluding hydrogens is 414 g/mol. The molecule has 168 valence electrons. The first-order chi connectivity index (χ1) is 16.1. The fraction of sp³-hybridized carbons (Fsp3) is 0.250. The summed E-state index contributed by atoms with van der Waals surface area (Å²) in [6.07, 6.45) is 0.726. The molecule has 5 heteroatoms. The molecule has 0 amide bonds. The fourth-order valence-corrected chi connectivity index (χ4v) is 4.72. The standard InChI is InChI=1S/C28H27NO4/c1-2-33-27(31)28(19-18-25(29(28)32)22-14-8-4-9-15-22)24(21-12-6-3-7-13-21)20-26(30)23-16-10-5-11-17-23/h3-17,24H,2,18-20H2,1H3. The van der Waals surface area contributed by atoms with E-state index in [1.165, 1.54) is 0 Å². The first-order valence-corrected chi connectivity index (χ1v) is 11.3. The van der Waals surface area contributed by atoms with E-state index in [4.69, 9.17) is 4.74 Å². The van der Waals surface area contributed by atoms with Crippen molar-refractivity contribution < 1.29 is 19.1 Å². The summed E-state index contributed by atoms with van der Waals surface area (Å²) >= 11 is 0. The highest BCUT2D eigenvalue weighted by atomic mass is 16.5. The van der Waals surface area contributed by atoms with Gasteiger partial charge in [-0.25, -0.2) is 4.79 Å². The van der Waals surface area contributed by atoms with Gasteiger partial charge in [0.25, 0.3) is 5.54 Å². The zero-order valence-corrected chi connectivity index (χ0v) is 18.6. The molecule has 33 heavy (non-hydrogen) atoms. The molecular formula is C28H27NO4. The Hall–Kier alpha value is -3.73. The average Bonchev–Trinajstić information content (AvgIpc) is 3.21. The monoisotopic (exact) mass is 441 g/mol. The first kappa shape index (κ1) is 22.5. The minimum Gasteiger partial charge on any atom is -0.623 e. The minimum absolute atomic E-state index is 0.0215. The summed E-state index contributed by atoms with van der Waals surface area (Å²) in [6.45, 7) is 1.88. The van der Waals surface area contributed by atoms with E-state index in [1.807, 2.05) is 78.9 Å². The van der Waals surface area contributed by atoms with Crippen LogP contribution in [0, 0.1) is 5.21 Å². The Bertz CT molecular complexity index is 1140. The molecule has 0 saturated heterocycles. The third-order valence-corrected chi connectivity index (χ3v) is 6.35. The lowest BCUT2D eigenvalue weighted by Gasteiger charge is -2.33. The molecule has 0 saturated carbocycles. The van der Waals surface area contributed by atoms with Gasteiger partial charge in [-0.15, -0.1) is 0 Å². The van der Waals surface area contributed by atoms with Crippen molar-refractivity contribution in [1.82, 2.24) is 0 Å². The van der Waals surface area contributed by atoms with Gasteiger partial charge in [0.2, 0.25) is 0 Å². The summed E-state index contributed by atoms with van der Waals surface area (Å²) in [7, 11) is 0. The topological polar surface area (TPSA) is 69.4 Å². The van der Waals surface area contributed by atoms with Crippen LogP contribution in [0.2, 0.25) is 0 Å². The van der Waals surface area contributed by atoms with Crippen LogP contribution >= 0.6 is 0 Å². The molecule has 3 aromatic rings. The van der Waals surface area contributed by atoms with Crippen molar-refractivity contribution in [3.8, 4) is 0 Å². The Morgan fingerprint density at radius 2 is 1.52 bits per heavy atom. The average molecular weight is 442 g/mol. The van der Waals surface area contributed by atoms with E-state index in [9.17, 15) is 14.8 Å². The molecule has 4 rings (SSSR count). The zero-order chi connectivity index (χ0) is 23.3. The molecule has 0 N–H and O–H groups in total. The minimum atomic E-state index is -1.52. The van der Waals surface area contributed by atoms with E-state index in [1.54, 1.807) is 19.1 Å². The van der Waals surface area contributed by atoms with Crippen LogP contribution < -0.4 is 0 Å². The maximum absolute atomic E-state index is 13.9. The molecule has 2 atom stereocenters. The summed E-state index contributed by atoms with van der Waals surface area (Å²) in [5.74, 6) is -1.36. The molecule has 3 aromatic carbocycles. The van der Waals surface area contributed by atoms with E-state index < -0.39 is 17.4 Å². The number of ketones is 1. The quantitative estimate of drug-likeness (QED) is 0.210. The number of carbonyl (C=O) groups is 2. The maximum Gasteiger partial charge on any atom is 0.380 e. The first-order valence-electron chi connectivity index (χ1n) is 11.3. The van der Waals surface area contributed by atoms with Crippen molar-refractivity contribution in [3.63, 3.8) is 0 Å². The van der Waals surface area contributed by atoms with Crippen molar-refractivity contribution in [1.29, 1.82) is 0 Å². The fourth-order valence-electron chi connectivity index (χ4n) is 4.72. The Kier molecular flexibility index (Phi) is 6.68. The molecule has 0 spiro atoms. The number of benzene rings is 3. The van der Waals surface area contributed by atoms with Crippen LogP contribution in [-0.2, 0) is 9.53 Å². The van der Waals surface area contributed by atoms with Gasteiger partial charge in [-0.1, -0.05) is 78.9 Å². The Morgan fingerprint density at radius 1 is 0.939 bits per heavy atom. The molecule has 1 aliphatic heterocycles. The van der Waals surface area contributed by atoms with Crippen LogP contribution in [0.5, 0.6) is 0 Å². The second-order valence-corrected chi connectivity index (χ2v) is 8.21. The van der Waals surface area contributed by atoms with Crippen LogP contribution in [0.15, 0.2) is 91.0 Å². The summed E-state index contributed by atoms with van der Waals surface area (Å²) in [6, 6.07) is 27.7. The molecule has 0 fully saturated rings. The van der Waals surface area contributed by atoms with Gasteiger partial charge in [-0.05, 0) is 24.6 Å². The Morgan fingerprint density at radius 3 is 2.12 bits per heavy atom. The van der Waals surface area contributed by atoms with Crippen LogP contribution in [0.3, 0.4) is 0 Å². The predicted molar refractivity (Wildman–Crippen MR) is 127 cm³/mol. The van der Waals surface area contributed by atoms with E-state index >= 15 is 0 Å². The zero-order valence-electron chi connectivity index (χ0n) is 18.6. The highest BCUT2D eigenvalue weighted by Gasteiger charge is 2.60. The van der Waals surface area contributed by atoms with Gasteiger partial charge in [0.05, 0.1) is 12.5 Å². The summed E-state index contributed by atoms with van der Waals surface area (Å²) in [5, 5.41) is 13.9. The summed E-state index contributed by atoms with van der Waals surface area (Å²) in [4.78, 5) is 26.8. The number of ether oxygens (including phenoxy) is 1. The lowest BCUT2D eigenvalue weighted by Crippen LogP contribution is -2.52. The van der Waals surface area contributed by atoms with Crippen LogP contribution in [-0.4, -0.2) is 34.3 Å². The number of hydroxylamine groups is 1. The van der Waals surface area contributed by atoms with Gasteiger partial charge >= 0.3 is 5.97 Å². The predicted octanol–water partition coefficient (Wildman–Crippen LogP) is 5.14. The Balaban J connectivity index is 1.86. The number of esters is 1. The Labute approximate surface area is 193 Å². The highest BCUT2D eigenvalue weighted by molar-refractivity contribution is 6.01. The maximum atomic E-state index is 13.9. The number of carbonyl (C=O) groups excluding carboxylic acids is 2. The van der Waals surface area contributed by atoms with Gasteiger partial charge in [0.15, 0.2) is 11.5 Å². The highest BCUT2D eigenvalue weighted by Crippen LogP contribution is 2.43. The number of hydrogen-bond acceptors (Lipinski definition) is 4. The van der Waals surface area contributed by atoms with Crippen molar-refractivity contribution >= 4 is 17.5 Å². The van der Waals surface area contributed by atoms with Crippen LogP contribution in [0.1, 0.15) is 53.6 Å². The summed E-state index contributed by atoms with van der Waals surface area (Å²) < 4.78 is 6.30. The largest absolute Gasteiger partial charge is 0.623 e. The number of nitrogens with zero attached hydrogens (tertiary/aromatic N) is 1. The van der Waals surface area contributed by atoms with Crippen molar-refractivity contribution in [2.75, 3.05) is 6.61 Å². The van der Waals surface area contributed by atoms with Gasteiger partial charge in [-0.2, -0.15) is 4.74 Å². The molecule has 0 bridgehead atoms. The van der Waals surface area contributed by atoms with E-state index in [0.29, 0.717) is 17.7 Å². The van der Waals surface area contributed by atoms with Crippen molar-refractivity contribution in [2.45, 2.75) is 37.6 Å². The smallest absolute Gasteiger partial charge is 0.380 e. The van der Waals surface area contributed by atoms with Crippen molar-refractivity contribution in [3.05, 3.63) is 113 Å². The SMILES string of the molecule is CCOC(=O)C1(C(CC(=O)c2ccccc2)c2ccccc2)CCC(c2ccccc2)=[N+]1[O-]. The molecule has 0 aliphatic carbocycles. The second-order valence-electron chi connectivity index (χ2n) is 8.21. The number of Topliss-reactive ketones (excluding diaryl/α,β-unsaturated/α-hetero) is 1. The molecule has 2 unspecified atom stereocenters. The van der Waals surface area contributed by atoms with Crippen molar-refractivity contribution in [2.24, 2.45) is 0 Å².